The van der Waals surface area contributed by atoms with Gasteiger partial charge in [-0.3, -0.25) is 9.78 Å². The van der Waals surface area contributed by atoms with Crippen molar-refractivity contribution in [3.63, 3.8) is 0 Å². The monoisotopic (exact) mass is 277 g/mol. The predicted molar refractivity (Wildman–Crippen MR) is 77.2 cm³/mol. The molecular weight excluding hydrogens is 254 g/mol. The number of ether oxygens (including phenoxy) is 2. The minimum Gasteiger partial charge on any atom is -0.492 e. The number of hydrogen-bond acceptors (Lipinski definition) is 4. The summed E-state index contributed by atoms with van der Waals surface area (Å²) in [6, 6.07) is 1.78. The molecule has 1 aromatic rings. The summed E-state index contributed by atoms with van der Waals surface area (Å²) in [4.78, 5) is 16.9. The summed E-state index contributed by atoms with van der Waals surface area (Å²) in [5, 5.41) is 0. The second-order valence-electron chi connectivity index (χ2n) is 5.22. The third-order valence-electron chi connectivity index (χ3n) is 3.69. The Labute approximate surface area is 120 Å². The van der Waals surface area contributed by atoms with Crippen molar-refractivity contribution in [2.24, 2.45) is 0 Å². The normalized spacial score (nSPS) is 17.1. The summed E-state index contributed by atoms with van der Waals surface area (Å²) in [7, 11) is 0. The van der Waals surface area contributed by atoms with Crippen LogP contribution in [0.4, 0.5) is 0 Å². The maximum Gasteiger partial charge on any atom is 0.196 e. The highest BCUT2D eigenvalue weighted by Gasteiger charge is 2.42. The summed E-state index contributed by atoms with van der Waals surface area (Å²) in [5.74, 6) is 0.702. The number of hydrogen-bond donors (Lipinski definition) is 0. The fourth-order valence-corrected chi connectivity index (χ4v) is 2.76. The van der Waals surface area contributed by atoms with Crippen LogP contribution in [0.3, 0.4) is 0 Å². The van der Waals surface area contributed by atoms with E-state index in [1.54, 1.807) is 18.5 Å². The van der Waals surface area contributed by atoms with Gasteiger partial charge in [-0.15, -0.1) is 0 Å². The highest BCUT2D eigenvalue weighted by Crippen LogP contribution is 2.36. The smallest absolute Gasteiger partial charge is 0.196 e. The summed E-state index contributed by atoms with van der Waals surface area (Å²) in [5.41, 5.74) is -0.0475. The molecule has 0 aliphatic heterocycles. The van der Waals surface area contributed by atoms with Gasteiger partial charge in [-0.05, 0) is 45.1 Å². The lowest BCUT2D eigenvalue weighted by Gasteiger charge is -2.27. The average molecular weight is 277 g/mol. The van der Waals surface area contributed by atoms with Crippen molar-refractivity contribution < 1.29 is 14.3 Å². The lowest BCUT2D eigenvalue weighted by Crippen LogP contribution is -2.39. The number of nitrogens with zero attached hydrogens (tertiary/aromatic N) is 1. The third-order valence-corrected chi connectivity index (χ3v) is 3.69. The molecule has 0 aromatic carbocycles. The molecule has 1 saturated carbocycles. The number of pyridine rings is 1. The Morgan fingerprint density at radius 3 is 2.70 bits per heavy atom. The van der Waals surface area contributed by atoms with Gasteiger partial charge in [-0.2, -0.15) is 0 Å². The van der Waals surface area contributed by atoms with E-state index in [0.717, 1.165) is 32.1 Å². The van der Waals surface area contributed by atoms with E-state index < -0.39 is 5.60 Å². The third kappa shape index (κ3) is 3.18. The number of aromatic nitrogens is 1. The van der Waals surface area contributed by atoms with Crippen molar-refractivity contribution in [3.8, 4) is 5.75 Å². The molecule has 1 aliphatic carbocycles. The number of ketones is 1. The molecule has 0 saturated heterocycles. The molecule has 1 fully saturated rings. The van der Waals surface area contributed by atoms with Crippen LogP contribution >= 0.6 is 0 Å². The van der Waals surface area contributed by atoms with Gasteiger partial charge in [-0.1, -0.05) is 6.92 Å². The summed E-state index contributed by atoms with van der Waals surface area (Å²) >= 11 is 0. The van der Waals surface area contributed by atoms with Crippen LogP contribution < -0.4 is 4.74 Å². The van der Waals surface area contributed by atoms with Gasteiger partial charge in [0, 0.05) is 18.4 Å². The van der Waals surface area contributed by atoms with E-state index in [9.17, 15) is 4.79 Å². The van der Waals surface area contributed by atoms with Crippen molar-refractivity contribution in [3.05, 3.63) is 24.0 Å². The summed E-state index contributed by atoms with van der Waals surface area (Å²) < 4.78 is 11.4. The molecule has 1 aromatic heterocycles. The van der Waals surface area contributed by atoms with Crippen LogP contribution in [0.15, 0.2) is 18.5 Å². The summed E-state index contributed by atoms with van der Waals surface area (Å²) in [6.45, 7) is 5.18. The van der Waals surface area contributed by atoms with E-state index in [1.807, 2.05) is 13.8 Å². The van der Waals surface area contributed by atoms with Crippen LogP contribution in [0, 0.1) is 0 Å². The molecule has 4 heteroatoms. The van der Waals surface area contributed by atoms with Gasteiger partial charge < -0.3 is 9.47 Å². The highest BCUT2D eigenvalue weighted by molar-refractivity contribution is 6.02. The number of carbonyl (C=O) groups is 1. The van der Waals surface area contributed by atoms with Crippen molar-refractivity contribution in [2.45, 2.75) is 51.6 Å². The van der Waals surface area contributed by atoms with Gasteiger partial charge in [0.25, 0.3) is 0 Å². The molecule has 0 atom stereocenters. The van der Waals surface area contributed by atoms with E-state index in [-0.39, 0.29) is 5.78 Å². The van der Waals surface area contributed by atoms with Crippen LogP contribution in [-0.4, -0.2) is 29.6 Å². The van der Waals surface area contributed by atoms with Crippen molar-refractivity contribution in [1.82, 2.24) is 4.98 Å². The zero-order valence-electron chi connectivity index (χ0n) is 12.4. The molecule has 1 heterocycles. The number of carbonyl (C=O) groups excluding carboxylic acids is 1. The minimum absolute atomic E-state index is 0.0475. The number of rotatable bonds is 7. The van der Waals surface area contributed by atoms with Gasteiger partial charge in [-0.25, -0.2) is 0 Å². The zero-order chi connectivity index (χ0) is 14.4. The van der Waals surface area contributed by atoms with Crippen LogP contribution in [0.25, 0.3) is 0 Å². The Morgan fingerprint density at radius 2 is 2.05 bits per heavy atom. The first-order chi connectivity index (χ1) is 9.72. The molecule has 4 nitrogen and oxygen atoms in total. The fraction of sp³-hybridized carbons (Fsp3) is 0.625. The number of Topliss-reactive ketones (excluding diaryl/α,β-unsaturated/α-hetero) is 1. The summed E-state index contributed by atoms with van der Waals surface area (Å²) in [6.07, 6.45) is 7.89. The average Bonchev–Trinajstić information content (AvgIpc) is 2.95. The second kappa shape index (κ2) is 6.84. The van der Waals surface area contributed by atoms with E-state index in [0.29, 0.717) is 24.5 Å². The maximum atomic E-state index is 12.8. The Balaban J connectivity index is 2.18. The fourth-order valence-electron chi connectivity index (χ4n) is 2.76. The predicted octanol–water partition coefficient (Wildman–Crippen LogP) is 3.40. The van der Waals surface area contributed by atoms with E-state index in [1.165, 1.54) is 0 Å². The second-order valence-corrected chi connectivity index (χ2v) is 5.22. The Hall–Kier alpha value is -1.42. The quantitative estimate of drug-likeness (QED) is 0.717. The zero-order valence-corrected chi connectivity index (χ0v) is 12.4. The first kappa shape index (κ1) is 15.0. The molecule has 0 amide bonds. The van der Waals surface area contributed by atoms with Gasteiger partial charge in [0.2, 0.25) is 0 Å². The molecule has 0 bridgehead atoms. The molecule has 0 N–H and O–H groups in total. The Bertz CT molecular complexity index is 453. The minimum atomic E-state index is -0.639. The van der Waals surface area contributed by atoms with Crippen LogP contribution in [0.2, 0.25) is 0 Å². The molecule has 2 rings (SSSR count). The van der Waals surface area contributed by atoms with Gasteiger partial charge in [0.05, 0.1) is 12.8 Å². The molecule has 110 valence electrons. The Kier molecular flexibility index (Phi) is 5.12. The van der Waals surface area contributed by atoms with Crippen LogP contribution in [0.5, 0.6) is 5.75 Å². The topological polar surface area (TPSA) is 48.4 Å². The van der Waals surface area contributed by atoms with Gasteiger partial charge in [0.1, 0.15) is 11.4 Å². The van der Waals surface area contributed by atoms with Crippen molar-refractivity contribution >= 4 is 5.78 Å². The van der Waals surface area contributed by atoms with Crippen molar-refractivity contribution in [1.29, 1.82) is 0 Å². The van der Waals surface area contributed by atoms with Gasteiger partial charge >= 0.3 is 0 Å². The standard InChI is InChI=1S/C16H23NO3/c1-3-9-19-14-10-13(11-17-12-14)15(18)16(20-4-2)7-5-6-8-16/h10-12H,3-9H2,1-2H3. The molecular formula is C16H23NO3. The Morgan fingerprint density at radius 1 is 1.30 bits per heavy atom. The molecule has 20 heavy (non-hydrogen) atoms. The molecule has 1 aliphatic rings. The maximum absolute atomic E-state index is 12.8. The van der Waals surface area contributed by atoms with Crippen LogP contribution in [0.1, 0.15) is 56.3 Å². The SMILES string of the molecule is CCCOc1cncc(C(=O)C2(OCC)CCCC2)c1. The van der Waals surface area contributed by atoms with E-state index in [2.05, 4.69) is 4.98 Å². The van der Waals surface area contributed by atoms with E-state index >= 15 is 0 Å². The lowest BCUT2D eigenvalue weighted by molar-refractivity contribution is -0.0164. The van der Waals surface area contributed by atoms with Gasteiger partial charge in [0.15, 0.2) is 5.78 Å². The highest BCUT2D eigenvalue weighted by atomic mass is 16.5. The molecule has 0 spiro atoms. The first-order valence-electron chi connectivity index (χ1n) is 7.48. The molecule has 0 unspecified atom stereocenters. The van der Waals surface area contributed by atoms with E-state index in [4.69, 9.17) is 9.47 Å². The van der Waals surface area contributed by atoms with Crippen LogP contribution in [-0.2, 0) is 4.74 Å². The lowest BCUT2D eigenvalue weighted by atomic mass is 9.91. The molecule has 0 radical (unpaired) electrons. The largest absolute Gasteiger partial charge is 0.492 e. The van der Waals surface area contributed by atoms with Crippen molar-refractivity contribution in [2.75, 3.05) is 13.2 Å². The first-order valence-corrected chi connectivity index (χ1v) is 7.48.